The number of anilines is 1. The molecule has 2 aromatic rings. The van der Waals surface area contributed by atoms with Gasteiger partial charge in [0.25, 0.3) is 0 Å². The van der Waals surface area contributed by atoms with Crippen molar-refractivity contribution in [1.29, 1.82) is 0 Å². The van der Waals surface area contributed by atoms with E-state index in [1.807, 2.05) is 13.0 Å². The van der Waals surface area contributed by atoms with Gasteiger partial charge in [-0.3, -0.25) is 4.98 Å². The van der Waals surface area contributed by atoms with E-state index in [0.29, 0.717) is 10.6 Å². The smallest absolute Gasteiger partial charge is 0.177 e. The topological polar surface area (TPSA) is 59.1 Å². The highest BCUT2D eigenvalue weighted by Gasteiger charge is 2.15. The van der Waals surface area contributed by atoms with Crippen molar-refractivity contribution in [2.75, 3.05) is 11.6 Å². The van der Waals surface area contributed by atoms with E-state index in [1.165, 1.54) is 6.26 Å². The maximum atomic E-state index is 11.7. The summed E-state index contributed by atoms with van der Waals surface area (Å²) < 4.78 is 23.3. The highest BCUT2D eigenvalue weighted by atomic mass is 32.2. The summed E-state index contributed by atoms with van der Waals surface area (Å²) in [4.78, 5) is 5.40. The fourth-order valence-corrected chi connectivity index (χ4v) is 3.13. The van der Waals surface area contributed by atoms with E-state index < -0.39 is 9.84 Å². The summed E-state index contributed by atoms with van der Waals surface area (Å²) in [5.41, 5.74) is 2.39. The Balaban J connectivity index is 2.30. The summed E-state index contributed by atoms with van der Waals surface area (Å²) in [5.74, 6) is 0. The fourth-order valence-electron chi connectivity index (χ4n) is 1.65. The molecule has 18 heavy (non-hydrogen) atoms. The quantitative estimate of drug-likeness (QED) is 0.936. The second-order valence-corrected chi connectivity index (χ2v) is 6.94. The predicted octanol–water partition coefficient (Wildman–Crippen LogP) is 2.72. The Hall–Kier alpha value is -1.40. The van der Waals surface area contributed by atoms with Gasteiger partial charge >= 0.3 is 0 Å². The molecule has 0 aliphatic carbocycles. The lowest BCUT2D eigenvalue weighted by Crippen LogP contribution is -2.09. The second kappa shape index (κ2) is 5.07. The number of hydrogen-bond donors (Lipinski definition) is 1. The van der Waals surface area contributed by atoms with Gasteiger partial charge in [-0.05, 0) is 19.1 Å². The van der Waals surface area contributed by atoms with Gasteiger partial charge in [0.15, 0.2) is 9.84 Å². The van der Waals surface area contributed by atoms with Gasteiger partial charge in [0.2, 0.25) is 0 Å². The highest BCUT2D eigenvalue weighted by molar-refractivity contribution is 7.90. The monoisotopic (exact) mass is 282 g/mol. The average Bonchev–Trinajstić information content (AvgIpc) is 2.81. The van der Waals surface area contributed by atoms with Gasteiger partial charge in [-0.2, -0.15) is 0 Å². The minimum atomic E-state index is -3.22. The number of aromatic nitrogens is 1. The highest BCUT2D eigenvalue weighted by Crippen LogP contribution is 2.26. The Morgan fingerprint density at radius 2 is 2.06 bits per heavy atom. The van der Waals surface area contributed by atoms with Crippen LogP contribution in [0.3, 0.4) is 0 Å². The largest absolute Gasteiger partial charge is 0.377 e. The molecule has 1 unspecified atom stereocenters. The molecule has 0 saturated carbocycles. The average molecular weight is 282 g/mol. The van der Waals surface area contributed by atoms with Crippen molar-refractivity contribution in [3.8, 4) is 0 Å². The van der Waals surface area contributed by atoms with Crippen LogP contribution in [-0.2, 0) is 9.84 Å². The molecule has 0 amide bonds. The van der Waals surface area contributed by atoms with Gasteiger partial charge in [-0.25, -0.2) is 8.42 Å². The van der Waals surface area contributed by atoms with Crippen molar-refractivity contribution < 1.29 is 8.42 Å². The van der Waals surface area contributed by atoms with Crippen molar-refractivity contribution in [3.63, 3.8) is 0 Å². The maximum Gasteiger partial charge on any atom is 0.177 e. The molecule has 4 nitrogen and oxygen atoms in total. The van der Waals surface area contributed by atoms with Crippen molar-refractivity contribution in [2.24, 2.45) is 0 Å². The third-order valence-electron chi connectivity index (χ3n) is 2.54. The van der Waals surface area contributed by atoms with Crippen LogP contribution in [-0.4, -0.2) is 19.7 Å². The van der Waals surface area contributed by atoms with E-state index in [2.05, 4.69) is 10.3 Å². The van der Waals surface area contributed by atoms with Gasteiger partial charge < -0.3 is 5.32 Å². The van der Waals surface area contributed by atoms with Crippen LogP contribution in [0.25, 0.3) is 0 Å². The molecule has 0 fully saturated rings. The molecule has 1 aromatic heterocycles. The molecule has 6 heteroatoms. The summed E-state index contributed by atoms with van der Waals surface area (Å²) in [6, 6.07) is 6.95. The molecule has 0 spiro atoms. The van der Waals surface area contributed by atoms with Gasteiger partial charge in [-0.15, -0.1) is 11.3 Å². The van der Waals surface area contributed by atoms with Crippen LogP contribution in [0.1, 0.15) is 17.8 Å². The summed E-state index contributed by atoms with van der Waals surface area (Å²) in [7, 11) is -3.22. The number of nitrogens with one attached hydrogen (secondary N) is 1. The standard InChI is InChI=1S/C12H14N2O2S2/c1-9(11-7-13-8-17-11)14-10-5-3-4-6-12(10)18(2,15)16/h3-9,14H,1-2H3. The number of sulfone groups is 1. The number of benzene rings is 1. The van der Waals surface area contributed by atoms with Crippen LogP contribution in [0.5, 0.6) is 0 Å². The molecule has 0 aliphatic rings. The summed E-state index contributed by atoms with van der Waals surface area (Å²) in [6.45, 7) is 1.98. The zero-order valence-corrected chi connectivity index (χ0v) is 11.8. The molecular weight excluding hydrogens is 268 g/mol. The molecule has 0 bridgehead atoms. The maximum absolute atomic E-state index is 11.7. The van der Waals surface area contributed by atoms with Crippen molar-refractivity contribution in [3.05, 3.63) is 40.8 Å². The first-order chi connectivity index (χ1) is 8.48. The van der Waals surface area contributed by atoms with Gasteiger partial charge in [0.05, 0.1) is 22.1 Å². The van der Waals surface area contributed by atoms with E-state index in [4.69, 9.17) is 0 Å². The number of hydrogen-bond acceptors (Lipinski definition) is 5. The van der Waals surface area contributed by atoms with Crippen LogP contribution in [0.2, 0.25) is 0 Å². The Morgan fingerprint density at radius 1 is 1.33 bits per heavy atom. The first kappa shape index (κ1) is 13.0. The second-order valence-electron chi connectivity index (χ2n) is 4.04. The van der Waals surface area contributed by atoms with Crippen LogP contribution >= 0.6 is 11.3 Å². The number of nitrogens with zero attached hydrogens (tertiary/aromatic N) is 1. The molecule has 1 N–H and O–H groups in total. The fraction of sp³-hybridized carbons (Fsp3) is 0.250. The van der Waals surface area contributed by atoms with E-state index in [0.717, 1.165) is 4.88 Å². The molecule has 1 atom stereocenters. The zero-order valence-electron chi connectivity index (χ0n) is 10.1. The van der Waals surface area contributed by atoms with E-state index in [1.54, 1.807) is 41.2 Å². The Kier molecular flexibility index (Phi) is 3.68. The number of rotatable bonds is 4. The molecule has 0 saturated heterocycles. The zero-order chi connectivity index (χ0) is 13.2. The number of para-hydroxylation sites is 1. The van der Waals surface area contributed by atoms with E-state index in [-0.39, 0.29) is 6.04 Å². The molecule has 0 aliphatic heterocycles. The summed E-state index contributed by atoms with van der Waals surface area (Å²) >= 11 is 1.54. The molecule has 2 rings (SSSR count). The normalized spacial score (nSPS) is 13.2. The lowest BCUT2D eigenvalue weighted by molar-refractivity contribution is 0.602. The van der Waals surface area contributed by atoms with Crippen LogP contribution in [0, 0.1) is 0 Å². The Morgan fingerprint density at radius 3 is 2.67 bits per heavy atom. The van der Waals surface area contributed by atoms with E-state index >= 15 is 0 Å². The summed E-state index contributed by atoms with van der Waals surface area (Å²) in [6.07, 6.45) is 3.00. The third-order valence-corrected chi connectivity index (χ3v) is 4.65. The minimum Gasteiger partial charge on any atom is -0.377 e. The van der Waals surface area contributed by atoms with Crippen molar-refractivity contribution in [1.82, 2.24) is 4.98 Å². The van der Waals surface area contributed by atoms with Gasteiger partial charge in [-0.1, -0.05) is 12.1 Å². The van der Waals surface area contributed by atoms with Crippen molar-refractivity contribution in [2.45, 2.75) is 17.9 Å². The molecule has 1 aromatic carbocycles. The lowest BCUT2D eigenvalue weighted by Gasteiger charge is -2.15. The van der Waals surface area contributed by atoms with Crippen LogP contribution < -0.4 is 5.32 Å². The minimum absolute atomic E-state index is 0.0281. The molecule has 96 valence electrons. The summed E-state index contributed by atoms with van der Waals surface area (Å²) in [5, 5.41) is 3.21. The first-order valence-corrected chi connectivity index (χ1v) is 8.19. The van der Waals surface area contributed by atoms with Crippen molar-refractivity contribution >= 4 is 26.9 Å². The van der Waals surface area contributed by atoms with E-state index in [9.17, 15) is 8.42 Å². The molecule has 0 radical (unpaired) electrons. The Bertz CT molecular complexity index is 621. The Labute approximate surface area is 111 Å². The van der Waals surface area contributed by atoms with Crippen LogP contribution in [0.4, 0.5) is 5.69 Å². The van der Waals surface area contributed by atoms with Gasteiger partial charge in [0.1, 0.15) is 0 Å². The molecule has 1 heterocycles. The van der Waals surface area contributed by atoms with Gasteiger partial charge in [0, 0.05) is 17.3 Å². The van der Waals surface area contributed by atoms with Crippen LogP contribution in [0.15, 0.2) is 40.9 Å². The third kappa shape index (κ3) is 2.88. The molecular formula is C12H14N2O2S2. The first-order valence-electron chi connectivity index (χ1n) is 5.42. The lowest BCUT2D eigenvalue weighted by atomic mass is 10.2. The number of thiazole rings is 1. The predicted molar refractivity (Wildman–Crippen MR) is 73.7 cm³/mol. The SMILES string of the molecule is CC(Nc1ccccc1S(C)(=O)=O)c1cncs1.